The van der Waals surface area contributed by atoms with Crippen LogP contribution in [0.1, 0.15) is 12.8 Å². The molecule has 0 aromatic carbocycles. The Kier molecular flexibility index (Phi) is 8.70. The van der Waals surface area contributed by atoms with Crippen LogP contribution in [0.5, 0.6) is 0 Å². The molecule has 27 heavy (non-hydrogen) atoms. The number of ether oxygens (including phenoxy) is 3. The zero-order chi connectivity index (χ0) is 21.7. The van der Waals surface area contributed by atoms with Crippen LogP contribution >= 0.6 is 0 Å². The monoisotopic (exact) mass is 434 g/mol. The van der Waals surface area contributed by atoms with Crippen molar-refractivity contribution in [3.63, 3.8) is 0 Å². The first-order valence-corrected chi connectivity index (χ1v) is 6.49. The smallest absolute Gasteiger partial charge is 0.397 e. The molecule has 1 N–H and O–H groups in total. The second-order valence-electron chi connectivity index (χ2n) is 4.52. The minimum Gasteiger partial charge on any atom is -0.397 e. The lowest BCUT2D eigenvalue weighted by atomic mass is 10.3. The van der Waals surface area contributed by atoms with E-state index in [9.17, 15) is 52.7 Å². The number of alkyl halides is 9. The van der Waals surface area contributed by atoms with E-state index in [0.717, 1.165) is 0 Å². The van der Waals surface area contributed by atoms with E-state index in [1.807, 2.05) is 0 Å². The van der Waals surface area contributed by atoms with Crippen molar-refractivity contribution in [3.05, 3.63) is 12.1 Å². The van der Waals surface area contributed by atoms with Gasteiger partial charge < -0.3 is 14.6 Å². The Balaban J connectivity index is 5.27. The van der Waals surface area contributed by atoms with Gasteiger partial charge in [0.1, 0.15) is 0 Å². The van der Waals surface area contributed by atoms with Crippen molar-refractivity contribution in [1.82, 2.24) is 0 Å². The second-order valence-corrected chi connectivity index (χ2v) is 4.52. The summed E-state index contributed by atoms with van der Waals surface area (Å²) in [7, 11) is 0. The van der Waals surface area contributed by atoms with Gasteiger partial charge in [-0.05, 0) is 12.8 Å². The van der Waals surface area contributed by atoms with E-state index in [0.29, 0.717) is 0 Å². The van der Waals surface area contributed by atoms with Crippen LogP contribution < -0.4 is 0 Å². The number of aliphatic hydroxyl groups is 1. The zero-order valence-electron chi connectivity index (χ0n) is 12.6. The van der Waals surface area contributed by atoms with Gasteiger partial charge in [-0.2, -0.15) is 48.3 Å². The molecule has 162 valence electrons. The third-order valence-electron chi connectivity index (χ3n) is 2.46. The first kappa shape index (κ1) is 25.6. The Bertz CT molecular complexity index is 506. The van der Waals surface area contributed by atoms with Crippen LogP contribution in [0, 0.1) is 0 Å². The van der Waals surface area contributed by atoms with Crippen molar-refractivity contribution in [3.8, 4) is 0 Å². The maximum atomic E-state index is 13.1. The molecule has 0 aliphatic carbocycles. The van der Waals surface area contributed by atoms with Gasteiger partial charge in [0.05, 0.1) is 6.61 Å². The maximum absolute atomic E-state index is 13.1. The predicted molar refractivity (Wildman–Crippen MR) is 59.5 cm³/mol. The lowest BCUT2D eigenvalue weighted by Crippen LogP contribution is -2.58. The van der Waals surface area contributed by atoms with Crippen LogP contribution in [0.15, 0.2) is 12.1 Å². The van der Waals surface area contributed by atoms with Crippen molar-refractivity contribution in [2.24, 2.45) is 0 Å². The van der Waals surface area contributed by atoms with Crippen molar-refractivity contribution in [2.45, 2.75) is 43.4 Å². The lowest BCUT2D eigenvalue weighted by molar-refractivity contribution is -0.478. The fourth-order valence-electron chi connectivity index (χ4n) is 1.14. The van der Waals surface area contributed by atoms with Gasteiger partial charge >= 0.3 is 36.3 Å². The molecule has 4 nitrogen and oxygen atoms in total. The summed E-state index contributed by atoms with van der Waals surface area (Å²) in [6, 6.07) is -3.68. The third-order valence-corrected chi connectivity index (χ3v) is 2.46. The quantitative estimate of drug-likeness (QED) is 0.278. The van der Waals surface area contributed by atoms with E-state index >= 15 is 0 Å². The molecule has 0 saturated carbocycles. The Labute approximate surface area is 142 Å². The average molecular weight is 434 g/mol. The van der Waals surface area contributed by atoms with Crippen molar-refractivity contribution in [1.29, 1.82) is 0 Å². The van der Waals surface area contributed by atoms with Crippen LogP contribution in [0.4, 0.5) is 52.7 Å². The first-order chi connectivity index (χ1) is 12.0. The Morgan fingerprint density at radius 2 is 1.37 bits per heavy atom. The summed E-state index contributed by atoms with van der Waals surface area (Å²) in [5.41, 5.74) is 0. The molecule has 0 aromatic heterocycles. The molecule has 16 heteroatoms. The van der Waals surface area contributed by atoms with Gasteiger partial charge in [0.25, 0.3) is 6.36 Å². The molecule has 1 unspecified atom stereocenters. The summed E-state index contributed by atoms with van der Waals surface area (Å²) in [5, 5.41) is 8.34. The molecule has 0 radical (unpaired) electrons. The summed E-state index contributed by atoms with van der Waals surface area (Å²) in [5.74, 6) is -7.08. The SMILES string of the molecule is OCCCCOC(F)(F)C(F)OC(F)(F)C(F)(F)C(F)(F)OC(F)=C(F)F. The number of hydrogen-bond donors (Lipinski definition) is 1. The third kappa shape index (κ3) is 6.60. The van der Waals surface area contributed by atoms with Crippen LogP contribution in [-0.4, -0.2) is 48.9 Å². The molecule has 0 aliphatic heterocycles. The second kappa shape index (κ2) is 9.18. The van der Waals surface area contributed by atoms with E-state index in [4.69, 9.17) is 5.11 Å². The molecule has 0 aliphatic rings. The van der Waals surface area contributed by atoms with Crippen LogP contribution in [0.3, 0.4) is 0 Å². The van der Waals surface area contributed by atoms with Gasteiger partial charge in [-0.15, -0.1) is 0 Å². The fraction of sp³-hybridized carbons (Fsp3) is 0.818. The van der Waals surface area contributed by atoms with Crippen LogP contribution in [0.25, 0.3) is 0 Å². The molecule has 0 saturated heterocycles. The maximum Gasteiger partial charge on any atom is 0.475 e. The van der Waals surface area contributed by atoms with Gasteiger partial charge in [-0.25, -0.2) is 4.39 Å². The molecular weight excluding hydrogens is 424 g/mol. The van der Waals surface area contributed by atoms with Gasteiger partial charge in [0, 0.05) is 6.61 Å². The van der Waals surface area contributed by atoms with Gasteiger partial charge in [-0.1, -0.05) is 0 Å². The highest BCUT2D eigenvalue weighted by Gasteiger charge is 2.77. The average Bonchev–Trinajstić information content (AvgIpc) is 2.50. The van der Waals surface area contributed by atoms with Gasteiger partial charge in [0.15, 0.2) is 0 Å². The van der Waals surface area contributed by atoms with Crippen molar-refractivity contribution < 1.29 is 72.0 Å². The summed E-state index contributed by atoms with van der Waals surface area (Å²) in [4.78, 5) is 0. The van der Waals surface area contributed by atoms with E-state index < -0.39 is 55.9 Å². The molecule has 0 bridgehead atoms. The zero-order valence-corrected chi connectivity index (χ0v) is 12.6. The Hall–Kier alpha value is -1.42. The number of aliphatic hydroxyl groups excluding tert-OH is 1. The highest BCUT2D eigenvalue weighted by atomic mass is 19.4. The first-order valence-electron chi connectivity index (χ1n) is 6.49. The summed E-state index contributed by atoms with van der Waals surface area (Å²) in [6.07, 6.45) is -27.9. The molecular formula is C11H10F12O4. The number of rotatable bonds is 12. The standard InChI is InChI=1S/C11H10F12O4/c12-5(13)6(14)26-10(20,21)9(18,19)11(22,23)27-7(15)8(16,17)25-4-2-1-3-24/h7,24H,1-4H2. The van der Waals surface area contributed by atoms with E-state index in [2.05, 4.69) is 14.2 Å². The molecule has 0 fully saturated rings. The minimum atomic E-state index is -7.08. The molecule has 0 amide bonds. The van der Waals surface area contributed by atoms with E-state index in [-0.39, 0.29) is 12.8 Å². The molecule has 0 heterocycles. The van der Waals surface area contributed by atoms with Crippen molar-refractivity contribution >= 4 is 0 Å². The predicted octanol–water partition coefficient (Wildman–Crippen LogP) is 4.55. The largest absolute Gasteiger partial charge is 0.475 e. The molecule has 1 atom stereocenters. The minimum absolute atomic E-state index is 0.157. The normalized spacial score (nSPS) is 14.9. The topological polar surface area (TPSA) is 47.9 Å². The van der Waals surface area contributed by atoms with Crippen molar-refractivity contribution in [2.75, 3.05) is 13.2 Å². The van der Waals surface area contributed by atoms with E-state index in [1.54, 1.807) is 0 Å². The molecule has 0 spiro atoms. The summed E-state index contributed by atoms with van der Waals surface area (Å²) in [6.45, 7) is -1.60. The number of halogens is 12. The number of hydrogen-bond acceptors (Lipinski definition) is 4. The van der Waals surface area contributed by atoms with Gasteiger partial charge in [0.2, 0.25) is 0 Å². The highest BCUT2D eigenvalue weighted by molar-refractivity contribution is 4.91. The highest BCUT2D eigenvalue weighted by Crippen LogP contribution is 2.49. The van der Waals surface area contributed by atoms with Gasteiger partial charge in [-0.3, -0.25) is 4.74 Å². The van der Waals surface area contributed by atoms with E-state index in [1.165, 1.54) is 0 Å². The molecule has 0 aromatic rings. The van der Waals surface area contributed by atoms with Crippen LogP contribution in [0.2, 0.25) is 0 Å². The number of unbranched alkanes of at least 4 members (excludes halogenated alkanes) is 1. The summed E-state index contributed by atoms with van der Waals surface area (Å²) >= 11 is 0. The Morgan fingerprint density at radius 3 is 1.81 bits per heavy atom. The Morgan fingerprint density at radius 1 is 0.852 bits per heavy atom. The molecule has 0 rings (SSSR count). The lowest BCUT2D eigenvalue weighted by Gasteiger charge is -2.32. The summed E-state index contributed by atoms with van der Waals surface area (Å²) < 4.78 is 160. The fourth-order valence-corrected chi connectivity index (χ4v) is 1.14. The van der Waals surface area contributed by atoms with Crippen LogP contribution in [-0.2, 0) is 14.2 Å².